The van der Waals surface area contributed by atoms with E-state index in [1.54, 1.807) is 18.2 Å². The van der Waals surface area contributed by atoms with Crippen LogP contribution >= 0.6 is 11.6 Å². The number of likely N-dealkylation sites (tertiary alicyclic amines) is 1. The van der Waals surface area contributed by atoms with Crippen molar-refractivity contribution in [1.82, 2.24) is 10.2 Å². The van der Waals surface area contributed by atoms with E-state index in [-0.39, 0.29) is 23.7 Å². The van der Waals surface area contributed by atoms with Crippen LogP contribution in [0.1, 0.15) is 44.1 Å². The SMILES string of the molecule is COc1cc(CC2(CCC(=O)N3CCC(Oc4cccc(Cl)c4)CC3)CCC(=O)N2)ccc1F. The number of rotatable bonds is 8. The fourth-order valence-corrected chi connectivity index (χ4v) is 5.03. The van der Waals surface area contributed by atoms with Gasteiger partial charge in [-0.05, 0) is 55.2 Å². The summed E-state index contributed by atoms with van der Waals surface area (Å²) in [6, 6.07) is 12.1. The van der Waals surface area contributed by atoms with Gasteiger partial charge in [-0.3, -0.25) is 9.59 Å². The van der Waals surface area contributed by atoms with Gasteiger partial charge in [0, 0.05) is 49.3 Å². The second-order valence-electron chi connectivity index (χ2n) is 9.13. The molecule has 0 radical (unpaired) electrons. The normalized spacial score (nSPS) is 20.8. The molecule has 6 nitrogen and oxygen atoms in total. The molecule has 2 aliphatic rings. The third-order valence-electron chi connectivity index (χ3n) is 6.70. The Labute approximate surface area is 204 Å². The standard InChI is InChI=1S/C26H30ClFN2O4/c1-33-23-15-18(5-6-22(23)28)17-26(11-7-24(31)29-26)12-8-25(32)30-13-9-20(10-14-30)34-21-4-2-3-19(27)16-21/h2-6,15-16,20H,7-14,17H2,1H3,(H,29,31). The summed E-state index contributed by atoms with van der Waals surface area (Å²) in [6.07, 6.45) is 4.06. The smallest absolute Gasteiger partial charge is 0.222 e. The highest BCUT2D eigenvalue weighted by molar-refractivity contribution is 6.30. The van der Waals surface area contributed by atoms with Crippen molar-refractivity contribution in [2.45, 2.75) is 56.6 Å². The second-order valence-corrected chi connectivity index (χ2v) is 9.57. The largest absolute Gasteiger partial charge is 0.494 e. The van der Waals surface area contributed by atoms with Crippen molar-refractivity contribution in [3.8, 4) is 11.5 Å². The summed E-state index contributed by atoms with van der Waals surface area (Å²) in [6.45, 7) is 1.27. The molecule has 2 heterocycles. The summed E-state index contributed by atoms with van der Waals surface area (Å²) < 4.78 is 24.9. The summed E-state index contributed by atoms with van der Waals surface area (Å²) in [4.78, 5) is 26.9. The quantitative estimate of drug-likeness (QED) is 0.593. The summed E-state index contributed by atoms with van der Waals surface area (Å²) in [5, 5.41) is 3.73. The van der Waals surface area contributed by atoms with Gasteiger partial charge < -0.3 is 19.7 Å². The average molecular weight is 489 g/mol. The van der Waals surface area contributed by atoms with Crippen LogP contribution in [0.5, 0.6) is 11.5 Å². The van der Waals surface area contributed by atoms with Crippen LogP contribution in [-0.2, 0) is 16.0 Å². The molecule has 2 saturated heterocycles. The van der Waals surface area contributed by atoms with Gasteiger partial charge in [0.1, 0.15) is 11.9 Å². The van der Waals surface area contributed by atoms with Crippen LogP contribution < -0.4 is 14.8 Å². The minimum Gasteiger partial charge on any atom is -0.494 e. The first-order valence-corrected chi connectivity index (χ1v) is 12.1. The molecule has 4 rings (SSSR count). The Morgan fingerprint density at radius 2 is 2.03 bits per heavy atom. The molecule has 2 amide bonds. The monoisotopic (exact) mass is 488 g/mol. The molecular formula is C26H30ClFN2O4. The Morgan fingerprint density at radius 1 is 1.24 bits per heavy atom. The van der Waals surface area contributed by atoms with Gasteiger partial charge in [-0.2, -0.15) is 0 Å². The molecule has 2 aromatic rings. The highest BCUT2D eigenvalue weighted by Gasteiger charge is 2.38. The Bertz CT molecular complexity index is 1040. The molecule has 0 spiro atoms. The average Bonchev–Trinajstić information content (AvgIpc) is 3.19. The van der Waals surface area contributed by atoms with Crippen LogP contribution in [0, 0.1) is 5.82 Å². The molecule has 0 aliphatic carbocycles. The predicted molar refractivity (Wildman–Crippen MR) is 128 cm³/mol. The first kappa shape index (κ1) is 24.3. The van der Waals surface area contributed by atoms with Crippen LogP contribution in [0.25, 0.3) is 0 Å². The van der Waals surface area contributed by atoms with Crippen molar-refractivity contribution in [3.05, 3.63) is 58.9 Å². The molecule has 0 bridgehead atoms. The van der Waals surface area contributed by atoms with E-state index in [2.05, 4.69) is 5.32 Å². The van der Waals surface area contributed by atoms with E-state index in [4.69, 9.17) is 21.1 Å². The van der Waals surface area contributed by atoms with Gasteiger partial charge >= 0.3 is 0 Å². The Morgan fingerprint density at radius 3 is 2.71 bits per heavy atom. The number of carbonyl (C=O) groups excluding carboxylic acids is 2. The lowest BCUT2D eigenvalue weighted by atomic mass is 9.84. The number of benzene rings is 2. The molecule has 1 unspecified atom stereocenters. The molecule has 2 aliphatic heterocycles. The molecule has 1 atom stereocenters. The number of piperidine rings is 1. The fourth-order valence-electron chi connectivity index (χ4n) is 4.85. The summed E-state index contributed by atoms with van der Waals surface area (Å²) >= 11 is 6.03. The highest BCUT2D eigenvalue weighted by atomic mass is 35.5. The first-order chi connectivity index (χ1) is 16.4. The lowest BCUT2D eigenvalue weighted by Crippen LogP contribution is -2.46. The molecule has 34 heavy (non-hydrogen) atoms. The van der Waals surface area contributed by atoms with E-state index in [1.165, 1.54) is 13.2 Å². The van der Waals surface area contributed by atoms with Gasteiger partial charge in [-0.15, -0.1) is 0 Å². The summed E-state index contributed by atoms with van der Waals surface area (Å²) in [5.41, 5.74) is 0.357. The van der Waals surface area contributed by atoms with Gasteiger partial charge in [-0.25, -0.2) is 4.39 Å². The minimum atomic E-state index is -0.510. The van der Waals surface area contributed by atoms with Gasteiger partial charge in [0.05, 0.1) is 7.11 Å². The van der Waals surface area contributed by atoms with Crippen molar-refractivity contribution < 1.29 is 23.5 Å². The van der Waals surface area contributed by atoms with E-state index in [0.717, 1.165) is 24.2 Å². The van der Waals surface area contributed by atoms with Crippen LogP contribution in [0.15, 0.2) is 42.5 Å². The second kappa shape index (κ2) is 10.6. The van der Waals surface area contributed by atoms with Crippen LogP contribution in [0.3, 0.4) is 0 Å². The van der Waals surface area contributed by atoms with Crippen molar-refractivity contribution >= 4 is 23.4 Å². The van der Waals surface area contributed by atoms with Gasteiger partial charge in [0.25, 0.3) is 0 Å². The van der Waals surface area contributed by atoms with Crippen molar-refractivity contribution in [3.63, 3.8) is 0 Å². The molecular weight excluding hydrogens is 459 g/mol. The van der Waals surface area contributed by atoms with Crippen molar-refractivity contribution in [2.24, 2.45) is 0 Å². The number of nitrogens with one attached hydrogen (secondary N) is 1. The van der Waals surface area contributed by atoms with Crippen LogP contribution in [0.2, 0.25) is 5.02 Å². The number of ether oxygens (including phenoxy) is 2. The molecule has 2 aromatic carbocycles. The molecule has 1 N–H and O–H groups in total. The van der Waals surface area contributed by atoms with Gasteiger partial charge in [-0.1, -0.05) is 23.7 Å². The third-order valence-corrected chi connectivity index (χ3v) is 6.94. The minimum absolute atomic E-state index is 0.0134. The first-order valence-electron chi connectivity index (χ1n) is 11.7. The van der Waals surface area contributed by atoms with Gasteiger partial charge in [0.15, 0.2) is 11.6 Å². The van der Waals surface area contributed by atoms with E-state index >= 15 is 0 Å². The lowest BCUT2D eigenvalue weighted by molar-refractivity contribution is -0.133. The maximum atomic E-state index is 13.8. The lowest BCUT2D eigenvalue weighted by Gasteiger charge is -2.34. The maximum Gasteiger partial charge on any atom is 0.222 e. The van der Waals surface area contributed by atoms with E-state index < -0.39 is 11.4 Å². The Balaban J connectivity index is 1.31. The van der Waals surface area contributed by atoms with Gasteiger partial charge in [0.2, 0.25) is 11.8 Å². The highest BCUT2D eigenvalue weighted by Crippen LogP contribution is 2.32. The van der Waals surface area contributed by atoms with Crippen LogP contribution in [0.4, 0.5) is 4.39 Å². The topological polar surface area (TPSA) is 67.9 Å². The maximum absolute atomic E-state index is 13.8. The number of nitrogens with zero attached hydrogens (tertiary/aromatic N) is 1. The number of carbonyl (C=O) groups is 2. The predicted octanol–water partition coefficient (Wildman–Crippen LogP) is 4.53. The zero-order valence-electron chi connectivity index (χ0n) is 19.3. The number of hydrogen-bond donors (Lipinski definition) is 1. The Kier molecular flexibility index (Phi) is 7.61. The molecule has 0 saturated carbocycles. The molecule has 182 valence electrons. The Hall–Kier alpha value is -2.80. The molecule has 8 heteroatoms. The summed E-state index contributed by atoms with van der Waals surface area (Å²) in [7, 11) is 1.43. The number of hydrogen-bond acceptors (Lipinski definition) is 4. The van der Waals surface area contributed by atoms with Crippen molar-refractivity contribution in [2.75, 3.05) is 20.2 Å². The number of halogens is 2. The van der Waals surface area contributed by atoms with Crippen molar-refractivity contribution in [1.29, 1.82) is 0 Å². The molecule has 2 fully saturated rings. The molecule has 0 aromatic heterocycles. The zero-order valence-corrected chi connectivity index (χ0v) is 20.1. The van der Waals surface area contributed by atoms with E-state index in [0.29, 0.717) is 50.2 Å². The number of methoxy groups -OCH3 is 1. The van der Waals surface area contributed by atoms with E-state index in [9.17, 15) is 14.0 Å². The van der Waals surface area contributed by atoms with E-state index in [1.807, 2.05) is 23.1 Å². The third kappa shape index (κ3) is 6.00. The number of amides is 2. The summed E-state index contributed by atoms with van der Waals surface area (Å²) in [5.74, 6) is 0.567. The fraction of sp³-hybridized carbons (Fsp3) is 0.462. The van der Waals surface area contributed by atoms with Crippen LogP contribution in [-0.4, -0.2) is 48.6 Å². The zero-order chi connectivity index (χ0) is 24.1.